The predicted molar refractivity (Wildman–Crippen MR) is 186 cm³/mol. The van der Waals surface area contributed by atoms with Crippen LogP contribution < -0.4 is 9.80 Å². The van der Waals surface area contributed by atoms with Crippen LogP contribution in [0.1, 0.15) is 76.1 Å². The van der Waals surface area contributed by atoms with E-state index in [0.717, 1.165) is 50.3 Å². The van der Waals surface area contributed by atoms with Crippen molar-refractivity contribution in [3.05, 3.63) is 42.0 Å². The molecule has 0 radical (unpaired) electrons. The molecule has 4 aromatic rings. The van der Waals surface area contributed by atoms with Crippen LogP contribution in [0.4, 0.5) is 24.7 Å². The summed E-state index contributed by atoms with van der Waals surface area (Å²) >= 11 is 0. The van der Waals surface area contributed by atoms with Gasteiger partial charge in [0.25, 0.3) is 0 Å². The molecule has 1 saturated heterocycles. The lowest BCUT2D eigenvalue weighted by Gasteiger charge is -2.40. The zero-order valence-corrected chi connectivity index (χ0v) is 29.5. The summed E-state index contributed by atoms with van der Waals surface area (Å²) in [6.45, 7) is 6.42. The van der Waals surface area contributed by atoms with Crippen LogP contribution >= 0.6 is 0 Å². The number of ether oxygens (including phenoxy) is 1. The Morgan fingerprint density at radius 1 is 1.04 bits per heavy atom. The summed E-state index contributed by atoms with van der Waals surface area (Å²) in [6, 6.07) is 4.71. The van der Waals surface area contributed by atoms with E-state index in [1.165, 1.54) is 13.3 Å². The molecule has 3 aliphatic rings. The molecule has 0 spiro atoms. The second-order valence-electron chi connectivity index (χ2n) is 14.4. The third-order valence-electron chi connectivity index (χ3n) is 10.2. The van der Waals surface area contributed by atoms with Gasteiger partial charge >= 0.3 is 12.1 Å². The number of carbonyl (C=O) groups excluding carboxylic acids is 1. The van der Waals surface area contributed by atoms with Gasteiger partial charge in [-0.05, 0) is 50.8 Å². The van der Waals surface area contributed by atoms with Gasteiger partial charge in [0.15, 0.2) is 11.5 Å². The zero-order chi connectivity index (χ0) is 35.9. The molecule has 3 fully saturated rings. The average molecular weight is 708 g/mol. The van der Waals surface area contributed by atoms with Gasteiger partial charge in [0, 0.05) is 62.8 Å². The maximum absolute atomic E-state index is 14.0. The molecule has 0 bridgehead atoms. The van der Waals surface area contributed by atoms with E-state index in [1.54, 1.807) is 30.6 Å². The van der Waals surface area contributed by atoms with Crippen LogP contribution in [-0.4, -0.2) is 93.9 Å². The summed E-state index contributed by atoms with van der Waals surface area (Å²) in [5, 5.41) is 1.66. The van der Waals surface area contributed by atoms with Gasteiger partial charge < -0.3 is 24.4 Å². The molecule has 1 aliphatic heterocycles. The Labute approximate surface area is 294 Å². The molecular formula is C36H44F3N9O3. The summed E-state index contributed by atoms with van der Waals surface area (Å²) in [6.07, 6.45) is 5.90. The quantitative estimate of drug-likeness (QED) is 0.197. The smallest absolute Gasteiger partial charge is 0.384 e. The molecule has 7 rings (SSSR count). The molecule has 272 valence electrons. The second kappa shape index (κ2) is 14.0. The number of rotatable bonds is 10. The van der Waals surface area contributed by atoms with Gasteiger partial charge in [-0.3, -0.25) is 4.79 Å². The summed E-state index contributed by atoms with van der Waals surface area (Å²) in [4.78, 5) is 47.4. The Balaban J connectivity index is 1.25. The van der Waals surface area contributed by atoms with E-state index in [9.17, 15) is 18.0 Å². The number of H-pyrrole nitrogens is 1. The number of alkyl halides is 3. The fraction of sp³-hybridized carbons (Fsp3) is 0.556. The molecule has 12 nitrogen and oxygen atoms in total. The van der Waals surface area contributed by atoms with Crippen molar-refractivity contribution >= 4 is 28.6 Å². The number of aromatic amines is 1. The number of aromatic nitrogens is 6. The standard InChI is InChI=1S/C36H44F3N9O3/c1-22-19-47(51-23(2)49)12-13-48(22)31-18-40-28(17-41-31)33-44-32-29(46(3)20-35(21-50-4)10-6-5-7-11-35)16-27(43-34(32)45-33)25-14-26(24-8-9-24)42-30(15-25)36(37,38)39/h14-18,22,24H,5-13,19-21H2,1-4H3,(H,43,44,45)/t22-/m1/s1. The van der Waals surface area contributed by atoms with Crippen LogP contribution in [0.5, 0.6) is 0 Å². The summed E-state index contributed by atoms with van der Waals surface area (Å²) < 4.78 is 47.9. The van der Waals surface area contributed by atoms with Crippen molar-refractivity contribution in [3.63, 3.8) is 0 Å². The van der Waals surface area contributed by atoms with Gasteiger partial charge in [0.1, 0.15) is 22.7 Å². The highest BCUT2D eigenvalue weighted by atomic mass is 19.4. The maximum atomic E-state index is 14.0. The summed E-state index contributed by atoms with van der Waals surface area (Å²) in [5.74, 6) is 0.812. The van der Waals surface area contributed by atoms with Crippen LogP contribution in [0.15, 0.2) is 30.6 Å². The Hall–Kier alpha value is -4.37. The molecule has 1 N–H and O–H groups in total. The first kappa shape index (κ1) is 35.1. The Morgan fingerprint density at radius 2 is 1.82 bits per heavy atom. The lowest BCUT2D eigenvalue weighted by atomic mass is 9.74. The lowest BCUT2D eigenvalue weighted by Crippen LogP contribution is -2.52. The number of hydrogen-bond acceptors (Lipinski definition) is 11. The summed E-state index contributed by atoms with van der Waals surface area (Å²) in [7, 11) is 3.74. The number of anilines is 2. The molecule has 15 heteroatoms. The van der Waals surface area contributed by atoms with Gasteiger partial charge in [-0.25, -0.2) is 24.9 Å². The molecule has 2 saturated carbocycles. The van der Waals surface area contributed by atoms with Crippen LogP contribution in [-0.2, 0) is 20.5 Å². The first-order chi connectivity index (χ1) is 24.4. The first-order valence-electron chi connectivity index (χ1n) is 17.6. The molecule has 51 heavy (non-hydrogen) atoms. The van der Waals surface area contributed by atoms with Crippen LogP contribution in [0.3, 0.4) is 0 Å². The van der Waals surface area contributed by atoms with E-state index >= 15 is 0 Å². The highest BCUT2D eigenvalue weighted by molar-refractivity contribution is 5.91. The highest BCUT2D eigenvalue weighted by Crippen LogP contribution is 2.43. The average Bonchev–Trinajstić information content (AvgIpc) is 3.86. The van der Waals surface area contributed by atoms with Crippen LogP contribution in [0.25, 0.3) is 33.9 Å². The van der Waals surface area contributed by atoms with E-state index in [0.29, 0.717) is 78.2 Å². The fourth-order valence-electron chi connectivity index (χ4n) is 7.64. The zero-order valence-electron chi connectivity index (χ0n) is 29.5. The van der Waals surface area contributed by atoms with Gasteiger partial charge in [-0.2, -0.15) is 13.2 Å². The first-order valence-corrected chi connectivity index (χ1v) is 17.6. The number of halogens is 3. The number of methoxy groups -OCH3 is 1. The van der Waals surface area contributed by atoms with E-state index in [2.05, 4.69) is 19.8 Å². The second-order valence-corrected chi connectivity index (χ2v) is 14.4. The number of nitrogens with one attached hydrogen (secondary N) is 1. The van der Waals surface area contributed by atoms with Crippen molar-refractivity contribution in [2.45, 2.75) is 76.9 Å². The van der Waals surface area contributed by atoms with E-state index in [4.69, 9.17) is 29.5 Å². The Kier molecular flexibility index (Phi) is 9.61. The van der Waals surface area contributed by atoms with Crippen molar-refractivity contribution < 1.29 is 27.5 Å². The Morgan fingerprint density at radius 3 is 2.47 bits per heavy atom. The van der Waals surface area contributed by atoms with E-state index < -0.39 is 11.9 Å². The van der Waals surface area contributed by atoms with Crippen LogP contribution in [0, 0.1) is 5.41 Å². The number of hydroxylamine groups is 2. The normalized spacial score (nSPS) is 19.7. The Bertz CT molecular complexity index is 1870. The van der Waals surface area contributed by atoms with Crippen molar-refractivity contribution in [3.8, 4) is 22.8 Å². The molecule has 4 aromatic heterocycles. The third-order valence-corrected chi connectivity index (χ3v) is 10.2. The van der Waals surface area contributed by atoms with Gasteiger partial charge in [0.05, 0.1) is 43.5 Å². The number of pyridine rings is 2. The molecule has 0 aromatic carbocycles. The minimum atomic E-state index is -4.59. The van der Waals surface area contributed by atoms with Crippen LogP contribution in [0.2, 0.25) is 0 Å². The number of carbonyl (C=O) groups is 1. The number of hydrogen-bond donors (Lipinski definition) is 1. The SMILES string of the molecule is COCC1(CN(C)c2cc(-c3cc(C4CC4)nc(C(F)(F)F)c3)nc3nc(-c4cnc(N5CCN(OC(C)=O)C[C@H]5C)cn4)[nH]c23)CCCCC1. The molecule has 5 heterocycles. The van der Waals surface area contributed by atoms with Gasteiger partial charge in [-0.15, -0.1) is 5.06 Å². The minimum absolute atomic E-state index is 0.0244. The van der Waals surface area contributed by atoms with E-state index in [1.807, 2.05) is 20.0 Å². The minimum Gasteiger partial charge on any atom is -0.384 e. The monoisotopic (exact) mass is 707 g/mol. The molecule has 1 atom stereocenters. The van der Waals surface area contributed by atoms with Crippen molar-refractivity contribution in [2.75, 3.05) is 56.7 Å². The van der Waals surface area contributed by atoms with E-state index in [-0.39, 0.29) is 23.3 Å². The van der Waals surface area contributed by atoms with Crippen molar-refractivity contribution in [1.82, 2.24) is 35.0 Å². The molecular weight excluding hydrogens is 663 g/mol. The van der Waals surface area contributed by atoms with Crippen molar-refractivity contribution in [1.29, 1.82) is 0 Å². The molecule has 0 amide bonds. The number of imidazole rings is 1. The molecule has 2 aliphatic carbocycles. The largest absolute Gasteiger partial charge is 0.433 e. The number of piperazine rings is 1. The topological polar surface area (TPSA) is 125 Å². The molecule has 0 unspecified atom stereocenters. The predicted octanol–water partition coefficient (Wildman–Crippen LogP) is 6.39. The van der Waals surface area contributed by atoms with Crippen molar-refractivity contribution in [2.24, 2.45) is 5.41 Å². The maximum Gasteiger partial charge on any atom is 0.433 e. The highest BCUT2D eigenvalue weighted by Gasteiger charge is 2.37. The summed E-state index contributed by atoms with van der Waals surface area (Å²) in [5.41, 5.74) is 2.53. The number of nitrogens with zero attached hydrogens (tertiary/aromatic N) is 8. The van der Waals surface area contributed by atoms with Gasteiger partial charge in [-0.1, -0.05) is 19.3 Å². The third kappa shape index (κ3) is 7.64. The van der Waals surface area contributed by atoms with Gasteiger partial charge in [0.2, 0.25) is 0 Å². The fourth-order valence-corrected chi connectivity index (χ4v) is 7.64. The number of fused-ring (bicyclic) bond motifs is 1. The lowest BCUT2D eigenvalue weighted by molar-refractivity contribution is -0.190.